The lowest BCUT2D eigenvalue weighted by Gasteiger charge is -2.13. The molecule has 20 heavy (non-hydrogen) atoms. The lowest BCUT2D eigenvalue weighted by molar-refractivity contribution is -0.385. The SMILES string of the molecule is C[C@@H](NCc1ccc(Br)cc1[N+](=O)[O-])c1ccccn1. The molecule has 0 aliphatic carbocycles. The quantitative estimate of drug-likeness (QED) is 0.669. The van der Waals surface area contributed by atoms with Gasteiger partial charge in [-0.2, -0.15) is 0 Å². The molecule has 0 bridgehead atoms. The fourth-order valence-electron chi connectivity index (χ4n) is 1.86. The largest absolute Gasteiger partial charge is 0.304 e. The number of rotatable bonds is 5. The molecule has 1 aromatic carbocycles. The Kier molecular flexibility index (Phi) is 4.81. The number of aromatic nitrogens is 1. The van der Waals surface area contributed by atoms with Gasteiger partial charge in [-0.05, 0) is 31.2 Å². The van der Waals surface area contributed by atoms with Crippen molar-refractivity contribution < 1.29 is 4.92 Å². The smallest absolute Gasteiger partial charge is 0.275 e. The molecule has 2 aromatic rings. The minimum absolute atomic E-state index is 0.0273. The third kappa shape index (κ3) is 3.61. The van der Waals surface area contributed by atoms with Crippen molar-refractivity contribution in [1.82, 2.24) is 10.3 Å². The monoisotopic (exact) mass is 335 g/mol. The molecule has 104 valence electrons. The van der Waals surface area contributed by atoms with E-state index in [1.807, 2.05) is 25.1 Å². The van der Waals surface area contributed by atoms with E-state index in [-0.39, 0.29) is 16.7 Å². The predicted octanol–water partition coefficient (Wildman–Crippen LogP) is 3.60. The summed E-state index contributed by atoms with van der Waals surface area (Å²) < 4.78 is 0.700. The van der Waals surface area contributed by atoms with Gasteiger partial charge in [0.2, 0.25) is 0 Å². The van der Waals surface area contributed by atoms with Crippen molar-refractivity contribution in [2.24, 2.45) is 0 Å². The van der Waals surface area contributed by atoms with Crippen LogP contribution in [0.4, 0.5) is 5.69 Å². The highest BCUT2D eigenvalue weighted by Gasteiger charge is 2.15. The van der Waals surface area contributed by atoms with E-state index in [1.165, 1.54) is 6.07 Å². The topological polar surface area (TPSA) is 68.1 Å². The van der Waals surface area contributed by atoms with Gasteiger partial charge in [-0.25, -0.2) is 0 Å². The van der Waals surface area contributed by atoms with E-state index in [0.717, 1.165) is 5.69 Å². The number of nitrogens with zero attached hydrogens (tertiary/aromatic N) is 2. The molecule has 0 aliphatic rings. The highest BCUT2D eigenvalue weighted by atomic mass is 79.9. The van der Waals surface area contributed by atoms with E-state index in [0.29, 0.717) is 16.6 Å². The number of hydrogen-bond donors (Lipinski definition) is 1. The molecule has 1 atom stereocenters. The van der Waals surface area contributed by atoms with Crippen LogP contribution >= 0.6 is 15.9 Å². The van der Waals surface area contributed by atoms with Gasteiger partial charge in [-0.1, -0.05) is 22.0 Å². The second kappa shape index (κ2) is 6.58. The third-order valence-corrected chi connectivity index (χ3v) is 3.47. The Morgan fingerprint density at radius 2 is 2.20 bits per heavy atom. The van der Waals surface area contributed by atoms with Crippen LogP contribution in [-0.4, -0.2) is 9.91 Å². The van der Waals surface area contributed by atoms with E-state index < -0.39 is 0 Å². The Balaban J connectivity index is 2.09. The zero-order valence-electron chi connectivity index (χ0n) is 10.9. The van der Waals surface area contributed by atoms with Gasteiger partial charge in [0.15, 0.2) is 0 Å². The highest BCUT2D eigenvalue weighted by Crippen LogP contribution is 2.24. The normalized spacial score (nSPS) is 12.1. The van der Waals surface area contributed by atoms with Crippen molar-refractivity contribution in [3.05, 3.63) is 68.4 Å². The Morgan fingerprint density at radius 1 is 1.40 bits per heavy atom. The molecule has 0 radical (unpaired) electrons. The second-order valence-electron chi connectivity index (χ2n) is 4.39. The highest BCUT2D eigenvalue weighted by molar-refractivity contribution is 9.10. The molecule has 0 fully saturated rings. The molecule has 0 aliphatic heterocycles. The van der Waals surface area contributed by atoms with Crippen molar-refractivity contribution in [2.75, 3.05) is 0 Å². The molecule has 1 aromatic heterocycles. The first kappa shape index (κ1) is 14.6. The average Bonchev–Trinajstić information content (AvgIpc) is 2.46. The number of pyridine rings is 1. The maximum atomic E-state index is 11.0. The van der Waals surface area contributed by atoms with Gasteiger partial charge < -0.3 is 5.32 Å². The lowest BCUT2D eigenvalue weighted by atomic mass is 10.1. The van der Waals surface area contributed by atoms with Crippen molar-refractivity contribution in [3.63, 3.8) is 0 Å². The van der Waals surface area contributed by atoms with Crippen LogP contribution in [0.3, 0.4) is 0 Å². The fraction of sp³-hybridized carbons (Fsp3) is 0.214. The van der Waals surface area contributed by atoms with Gasteiger partial charge in [0.05, 0.1) is 10.6 Å². The van der Waals surface area contributed by atoms with Crippen molar-refractivity contribution in [1.29, 1.82) is 0 Å². The molecule has 2 rings (SSSR count). The molecule has 1 N–H and O–H groups in total. The van der Waals surface area contributed by atoms with Crippen LogP contribution in [0.5, 0.6) is 0 Å². The Labute approximate surface area is 125 Å². The lowest BCUT2D eigenvalue weighted by Crippen LogP contribution is -2.19. The average molecular weight is 336 g/mol. The van der Waals surface area contributed by atoms with Gasteiger partial charge in [0.25, 0.3) is 5.69 Å². The van der Waals surface area contributed by atoms with Crippen molar-refractivity contribution >= 4 is 21.6 Å². The number of benzene rings is 1. The first-order valence-corrected chi connectivity index (χ1v) is 6.94. The first-order valence-electron chi connectivity index (χ1n) is 6.15. The molecule has 0 spiro atoms. The number of nitro groups is 1. The van der Waals surface area contributed by atoms with E-state index >= 15 is 0 Å². The van der Waals surface area contributed by atoms with Crippen LogP contribution in [0.2, 0.25) is 0 Å². The van der Waals surface area contributed by atoms with Crippen LogP contribution in [0.25, 0.3) is 0 Å². The van der Waals surface area contributed by atoms with E-state index in [4.69, 9.17) is 0 Å². The van der Waals surface area contributed by atoms with Gasteiger partial charge in [-0.15, -0.1) is 0 Å². The maximum Gasteiger partial charge on any atom is 0.275 e. The van der Waals surface area contributed by atoms with Gasteiger partial charge in [-0.3, -0.25) is 15.1 Å². The molecule has 5 nitrogen and oxygen atoms in total. The Hall–Kier alpha value is -1.79. The van der Waals surface area contributed by atoms with Gasteiger partial charge >= 0.3 is 0 Å². The van der Waals surface area contributed by atoms with E-state index in [1.54, 1.807) is 18.3 Å². The number of nitrogens with one attached hydrogen (secondary N) is 1. The summed E-state index contributed by atoms with van der Waals surface area (Å²) in [6.45, 7) is 2.40. The minimum atomic E-state index is -0.368. The maximum absolute atomic E-state index is 11.0. The summed E-state index contributed by atoms with van der Waals surface area (Å²) >= 11 is 3.25. The van der Waals surface area contributed by atoms with Crippen molar-refractivity contribution in [3.8, 4) is 0 Å². The third-order valence-electron chi connectivity index (χ3n) is 2.97. The summed E-state index contributed by atoms with van der Waals surface area (Å²) in [6, 6.07) is 10.8. The summed E-state index contributed by atoms with van der Waals surface area (Å²) in [7, 11) is 0. The molecule has 6 heteroatoms. The van der Waals surface area contributed by atoms with E-state index in [2.05, 4.69) is 26.2 Å². The standard InChI is InChI=1S/C14H14BrN3O2/c1-10(13-4-2-3-7-16-13)17-9-11-5-6-12(15)8-14(11)18(19)20/h2-8,10,17H,9H2,1H3/t10-/m1/s1. The number of hydrogen-bond acceptors (Lipinski definition) is 4. The molecular formula is C14H14BrN3O2. The summed E-state index contributed by atoms with van der Waals surface area (Å²) in [4.78, 5) is 14.9. The zero-order valence-corrected chi connectivity index (χ0v) is 12.5. The predicted molar refractivity (Wildman–Crippen MR) is 80.3 cm³/mol. The zero-order chi connectivity index (χ0) is 14.5. The summed E-state index contributed by atoms with van der Waals surface area (Å²) in [6.07, 6.45) is 1.73. The molecule has 0 saturated carbocycles. The van der Waals surface area contributed by atoms with Crippen LogP contribution < -0.4 is 5.32 Å². The molecule has 0 unspecified atom stereocenters. The minimum Gasteiger partial charge on any atom is -0.304 e. The number of halogens is 1. The van der Waals surface area contributed by atoms with Gasteiger partial charge in [0.1, 0.15) is 0 Å². The Bertz CT molecular complexity index is 605. The molecular weight excluding hydrogens is 322 g/mol. The number of nitro benzene ring substituents is 1. The van der Waals surface area contributed by atoms with Crippen molar-refractivity contribution in [2.45, 2.75) is 19.5 Å². The van der Waals surface area contributed by atoms with Crippen LogP contribution in [-0.2, 0) is 6.54 Å². The van der Waals surface area contributed by atoms with Crippen LogP contribution in [0.15, 0.2) is 47.1 Å². The van der Waals surface area contributed by atoms with Crippen LogP contribution in [0.1, 0.15) is 24.2 Å². The fourth-order valence-corrected chi connectivity index (χ4v) is 2.21. The molecule has 0 amide bonds. The summed E-state index contributed by atoms with van der Waals surface area (Å²) in [5.74, 6) is 0. The van der Waals surface area contributed by atoms with Crippen LogP contribution in [0, 0.1) is 10.1 Å². The summed E-state index contributed by atoms with van der Waals surface area (Å²) in [5, 5.41) is 14.3. The first-order chi connectivity index (χ1) is 9.58. The van der Waals surface area contributed by atoms with E-state index in [9.17, 15) is 10.1 Å². The Morgan fingerprint density at radius 3 is 2.85 bits per heavy atom. The van der Waals surface area contributed by atoms with Gasteiger partial charge in [0, 0.05) is 34.9 Å². The molecule has 1 heterocycles. The summed E-state index contributed by atoms with van der Waals surface area (Å²) in [5.41, 5.74) is 1.67. The molecule has 0 saturated heterocycles. The second-order valence-corrected chi connectivity index (χ2v) is 5.30.